The minimum atomic E-state index is 0.182. The molecule has 1 amide bonds. The number of carbonyl (C=O) groups is 1. The van der Waals surface area contributed by atoms with Crippen LogP contribution in [-0.2, 0) is 17.8 Å². The molecule has 2 heterocycles. The van der Waals surface area contributed by atoms with Gasteiger partial charge in [0.05, 0.1) is 11.0 Å². The molecule has 0 aliphatic carbocycles. The van der Waals surface area contributed by atoms with Gasteiger partial charge in [-0.05, 0) is 53.6 Å². The lowest BCUT2D eigenvalue weighted by atomic mass is 10.3. The number of benzene rings is 1. The van der Waals surface area contributed by atoms with E-state index in [4.69, 9.17) is 11.6 Å². The summed E-state index contributed by atoms with van der Waals surface area (Å²) in [6.07, 6.45) is 2.91. The number of fused-ring (bicyclic) bond motifs is 1. The van der Waals surface area contributed by atoms with Crippen molar-refractivity contribution in [3.63, 3.8) is 0 Å². The third-order valence-electron chi connectivity index (χ3n) is 3.86. The molecule has 4 nitrogen and oxygen atoms in total. The van der Waals surface area contributed by atoms with Gasteiger partial charge in [-0.25, -0.2) is 4.98 Å². The van der Waals surface area contributed by atoms with Gasteiger partial charge in [0.25, 0.3) is 0 Å². The molecule has 1 fully saturated rings. The molecule has 2 aromatic rings. The first-order valence-corrected chi connectivity index (χ1v) is 8.79. The fourth-order valence-corrected chi connectivity index (χ4v) is 3.45. The van der Waals surface area contributed by atoms with E-state index >= 15 is 0 Å². The first-order valence-electron chi connectivity index (χ1n) is 7.17. The van der Waals surface area contributed by atoms with E-state index in [1.54, 1.807) is 0 Å². The molecule has 1 aromatic carbocycles. The number of imidazole rings is 1. The maximum atomic E-state index is 12.4. The summed E-state index contributed by atoms with van der Waals surface area (Å²) in [6.45, 7) is 2.13. The standard InChI is InChI=1S/C15H17ClIN3O/c16-6-5-14-18-12-9-11(17)3-4-13(12)20(14)10-15(21)19-7-1-2-8-19/h3-4,9H,1-2,5-8,10H2. The number of aromatic nitrogens is 2. The normalized spacial score (nSPS) is 15.0. The summed E-state index contributed by atoms with van der Waals surface area (Å²) in [5.41, 5.74) is 1.96. The molecule has 1 aromatic heterocycles. The van der Waals surface area contributed by atoms with E-state index in [1.165, 1.54) is 0 Å². The van der Waals surface area contributed by atoms with E-state index in [2.05, 4.69) is 27.6 Å². The number of aryl methyl sites for hydroxylation is 1. The summed E-state index contributed by atoms with van der Waals surface area (Å²) >= 11 is 8.16. The number of likely N-dealkylation sites (tertiary alicyclic amines) is 1. The molecular formula is C15H17ClIN3O. The highest BCUT2D eigenvalue weighted by Crippen LogP contribution is 2.20. The van der Waals surface area contributed by atoms with Crippen LogP contribution in [-0.4, -0.2) is 39.3 Å². The second-order valence-electron chi connectivity index (χ2n) is 5.27. The van der Waals surface area contributed by atoms with Gasteiger partial charge < -0.3 is 9.47 Å². The Morgan fingerprint density at radius 1 is 1.33 bits per heavy atom. The lowest BCUT2D eigenvalue weighted by Crippen LogP contribution is -2.31. The van der Waals surface area contributed by atoms with Gasteiger partial charge in [0.2, 0.25) is 5.91 Å². The van der Waals surface area contributed by atoms with Crippen molar-refractivity contribution in [3.8, 4) is 0 Å². The third kappa shape index (κ3) is 3.18. The monoisotopic (exact) mass is 417 g/mol. The third-order valence-corrected chi connectivity index (χ3v) is 4.72. The van der Waals surface area contributed by atoms with E-state index < -0.39 is 0 Å². The van der Waals surface area contributed by atoms with Crippen LogP contribution in [0, 0.1) is 3.57 Å². The average molecular weight is 418 g/mol. The van der Waals surface area contributed by atoms with E-state index in [9.17, 15) is 4.79 Å². The minimum Gasteiger partial charge on any atom is -0.341 e. The van der Waals surface area contributed by atoms with Gasteiger partial charge in [-0.2, -0.15) is 0 Å². The van der Waals surface area contributed by atoms with Crippen molar-refractivity contribution in [2.45, 2.75) is 25.8 Å². The van der Waals surface area contributed by atoms with Crippen LogP contribution < -0.4 is 0 Å². The second-order valence-corrected chi connectivity index (χ2v) is 6.90. The van der Waals surface area contributed by atoms with Gasteiger partial charge in [-0.1, -0.05) is 0 Å². The summed E-state index contributed by atoms with van der Waals surface area (Å²) in [6, 6.07) is 6.13. The first-order chi connectivity index (χ1) is 10.2. The average Bonchev–Trinajstić information content (AvgIpc) is 3.08. The number of nitrogens with zero attached hydrogens (tertiary/aromatic N) is 3. The highest BCUT2D eigenvalue weighted by molar-refractivity contribution is 14.1. The van der Waals surface area contributed by atoms with Crippen LogP contribution in [0.1, 0.15) is 18.7 Å². The number of halogens is 2. The molecule has 0 radical (unpaired) electrons. The molecule has 1 aliphatic heterocycles. The Bertz CT molecular complexity index is 664. The summed E-state index contributed by atoms with van der Waals surface area (Å²) in [5, 5.41) is 0. The van der Waals surface area contributed by atoms with Crippen molar-refractivity contribution in [1.29, 1.82) is 0 Å². The SMILES string of the molecule is O=C(Cn1c(CCCl)nc2cc(I)ccc21)N1CCCC1. The Kier molecular flexibility index (Phi) is 4.69. The molecule has 3 rings (SSSR count). The molecule has 0 atom stereocenters. The Morgan fingerprint density at radius 3 is 2.81 bits per heavy atom. The highest BCUT2D eigenvalue weighted by Gasteiger charge is 2.20. The van der Waals surface area contributed by atoms with E-state index in [1.807, 2.05) is 27.7 Å². The maximum Gasteiger partial charge on any atom is 0.242 e. The smallest absolute Gasteiger partial charge is 0.242 e. The predicted molar refractivity (Wildman–Crippen MR) is 92.7 cm³/mol. The zero-order chi connectivity index (χ0) is 14.8. The zero-order valence-electron chi connectivity index (χ0n) is 11.7. The molecule has 21 heavy (non-hydrogen) atoms. The van der Waals surface area contributed by atoms with Crippen molar-refractivity contribution in [2.24, 2.45) is 0 Å². The molecule has 0 saturated carbocycles. The zero-order valence-corrected chi connectivity index (χ0v) is 14.6. The Morgan fingerprint density at radius 2 is 2.10 bits per heavy atom. The summed E-state index contributed by atoms with van der Waals surface area (Å²) in [4.78, 5) is 19.0. The van der Waals surface area contributed by atoms with E-state index in [-0.39, 0.29) is 5.91 Å². The van der Waals surface area contributed by atoms with Crippen LogP contribution in [0.15, 0.2) is 18.2 Å². The van der Waals surface area contributed by atoms with Gasteiger partial charge in [0.1, 0.15) is 12.4 Å². The summed E-state index contributed by atoms with van der Waals surface area (Å²) in [7, 11) is 0. The van der Waals surface area contributed by atoms with E-state index in [0.29, 0.717) is 18.8 Å². The van der Waals surface area contributed by atoms with Gasteiger partial charge in [0.15, 0.2) is 0 Å². The number of carbonyl (C=O) groups excluding carboxylic acids is 1. The fourth-order valence-electron chi connectivity index (χ4n) is 2.81. The molecule has 112 valence electrons. The second kappa shape index (κ2) is 6.52. The number of rotatable bonds is 4. The molecule has 1 aliphatic rings. The molecule has 0 bridgehead atoms. The number of alkyl halides is 1. The van der Waals surface area contributed by atoms with Crippen molar-refractivity contribution >= 4 is 51.1 Å². The lowest BCUT2D eigenvalue weighted by molar-refractivity contribution is -0.130. The summed E-state index contributed by atoms with van der Waals surface area (Å²) < 4.78 is 3.17. The van der Waals surface area contributed by atoms with Crippen LogP contribution in [0.3, 0.4) is 0 Å². The Balaban J connectivity index is 1.94. The summed E-state index contributed by atoms with van der Waals surface area (Å²) in [5.74, 6) is 1.59. The Hall–Kier alpha value is -0.820. The van der Waals surface area contributed by atoms with E-state index in [0.717, 1.165) is 46.4 Å². The first kappa shape index (κ1) is 15.1. The fraction of sp³-hybridized carbons (Fsp3) is 0.467. The topological polar surface area (TPSA) is 38.1 Å². The van der Waals surface area contributed by atoms with Gasteiger partial charge in [-0.15, -0.1) is 11.6 Å². The number of hydrogen-bond acceptors (Lipinski definition) is 2. The van der Waals surface area contributed by atoms with Crippen LogP contribution in [0.2, 0.25) is 0 Å². The minimum absolute atomic E-state index is 0.182. The number of amides is 1. The van der Waals surface area contributed by atoms with Gasteiger partial charge in [-0.3, -0.25) is 4.79 Å². The highest BCUT2D eigenvalue weighted by atomic mass is 127. The van der Waals surface area contributed by atoms with Gasteiger partial charge >= 0.3 is 0 Å². The molecular weight excluding hydrogens is 401 g/mol. The molecule has 0 spiro atoms. The van der Waals surface area contributed by atoms with Crippen molar-refractivity contribution in [2.75, 3.05) is 19.0 Å². The quantitative estimate of drug-likeness (QED) is 0.566. The molecule has 0 unspecified atom stereocenters. The van der Waals surface area contributed by atoms with Crippen LogP contribution in [0.5, 0.6) is 0 Å². The number of hydrogen-bond donors (Lipinski definition) is 0. The van der Waals surface area contributed by atoms with Crippen LogP contribution in [0.4, 0.5) is 0 Å². The van der Waals surface area contributed by atoms with Gasteiger partial charge in [0, 0.05) is 29.0 Å². The molecule has 6 heteroatoms. The molecule has 1 saturated heterocycles. The molecule has 0 N–H and O–H groups in total. The van der Waals surface area contributed by atoms with Crippen molar-refractivity contribution in [3.05, 3.63) is 27.6 Å². The largest absolute Gasteiger partial charge is 0.341 e. The van der Waals surface area contributed by atoms with Crippen LogP contribution in [0.25, 0.3) is 11.0 Å². The van der Waals surface area contributed by atoms with Crippen molar-refractivity contribution < 1.29 is 4.79 Å². The van der Waals surface area contributed by atoms with Crippen molar-refractivity contribution in [1.82, 2.24) is 14.5 Å². The maximum absolute atomic E-state index is 12.4. The Labute approximate surface area is 142 Å². The van der Waals surface area contributed by atoms with Crippen LogP contribution >= 0.6 is 34.2 Å². The lowest BCUT2D eigenvalue weighted by Gasteiger charge is -2.17. The predicted octanol–water partition coefficient (Wildman–Crippen LogP) is 3.04.